The van der Waals surface area contributed by atoms with Crippen LogP contribution in [0.25, 0.3) is 0 Å². The summed E-state index contributed by atoms with van der Waals surface area (Å²) in [6, 6.07) is 9.20. The Bertz CT molecular complexity index is 624. The molecule has 0 spiro atoms. The van der Waals surface area contributed by atoms with Gasteiger partial charge in [-0.15, -0.1) is 24.0 Å². The molecule has 0 bridgehead atoms. The molecule has 1 aromatic carbocycles. The molecule has 3 rings (SSSR count). The van der Waals surface area contributed by atoms with Crippen LogP contribution in [0.1, 0.15) is 69.9 Å². The van der Waals surface area contributed by atoms with E-state index in [2.05, 4.69) is 56.6 Å². The Hall–Kier alpha value is -1.02. The summed E-state index contributed by atoms with van der Waals surface area (Å²) in [6.45, 7) is 9.47. The van der Waals surface area contributed by atoms with Gasteiger partial charge in [-0.05, 0) is 82.8 Å². The second-order valence-electron chi connectivity index (χ2n) is 8.62. The van der Waals surface area contributed by atoms with Gasteiger partial charge in [0.25, 0.3) is 0 Å². The van der Waals surface area contributed by atoms with Crippen LogP contribution in [-0.4, -0.2) is 57.2 Å². The van der Waals surface area contributed by atoms with Crippen molar-refractivity contribution in [2.24, 2.45) is 4.99 Å². The van der Waals surface area contributed by atoms with Crippen LogP contribution in [0.3, 0.4) is 0 Å². The molecule has 0 amide bonds. The lowest BCUT2D eigenvalue weighted by Crippen LogP contribution is -2.39. The summed E-state index contributed by atoms with van der Waals surface area (Å²) in [5.41, 5.74) is 2.67. The van der Waals surface area contributed by atoms with E-state index in [-0.39, 0.29) is 30.0 Å². The normalized spacial score (nSPS) is 18.7. The summed E-state index contributed by atoms with van der Waals surface area (Å²) < 4.78 is 0. The molecule has 1 unspecified atom stereocenters. The maximum Gasteiger partial charge on any atom is 0.191 e. The monoisotopic (exact) mass is 527 g/mol. The minimum absolute atomic E-state index is 0. The van der Waals surface area contributed by atoms with Crippen molar-refractivity contribution in [3.63, 3.8) is 0 Å². The zero-order valence-corrected chi connectivity index (χ0v) is 21.4. The lowest BCUT2D eigenvalue weighted by atomic mass is 10.1. The van der Waals surface area contributed by atoms with Gasteiger partial charge < -0.3 is 20.4 Å². The molecule has 0 radical (unpaired) electrons. The standard InChI is InChI=1S/C24H41N5.HI/c1-21(22-12-11-13-23(20-22)29-18-9-10-19-29)27-24(25-2)26-14-5-3-6-15-28-16-7-4-8-17-28;/h11-13,20-21H,3-10,14-19H2,1-2H3,(H2,25,26,27);1H. The van der Waals surface area contributed by atoms with Crippen molar-refractivity contribution in [3.05, 3.63) is 29.8 Å². The molecule has 6 heteroatoms. The smallest absolute Gasteiger partial charge is 0.191 e. The molecule has 1 aromatic rings. The fraction of sp³-hybridized carbons (Fsp3) is 0.708. The van der Waals surface area contributed by atoms with Gasteiger partial charge in [0.1, 0.15) is 0 Å². The van der Waals surface area contributed by atoms with Crippen LogP contribution in [0, 0.1) is 0 Å². The number of nitrogens with one attached hydrogen (secondary N) is 2. The molecule has 2 aliphatic rings. The number of aliphatic imine (C=N–C) groups is 1. The number of guanidine groups is 1. The van der Waals surface area contributed by atoms with Crippen LogP contribution in [-0.2, 0) is 0 Å². The summed E-state index contributed by atoms with van der Waals surface area (Å²) >= 11 is 0. The number of unbranched alkanes of at least 4 members (excludes halogenated alkanes) is 2. The number of nitrogens with zero attached hydrogens (tertiary/aromatic N) is 3. The molecule has 2 heterocycles. The minimum atomic E-state index is 0. The third-order valence-corrected chi connectivity index (χ3v) is 6.31. The Morgan fingerprint density at radius 2 is 1.73 bits per heavy atom. The third-order valence-electron chi connectivity index (χ3n) is 6.31. The fourth-order valence-corrected chi connectivity index (χ4v) is 4.48. The first-order valence-electron chi connectivity index (χ1n) is 11.8. The SMILES string of the molecule is CN=C(NCCCCCN1CCCCC1)NC(C)c1cccc(N2CCCC2)c1.I. The van der Waals surface area contributed by atoms with Crippen LogP contribution < -0.4 is 15.5 Å². The molecule has 0 saturated carbocycles. The second kappa shape index (κ2) is 14.1. The van der Waals surface area contributed by atoms with Crippen molar-refractivity contribution in [2.45, 2.75) is 64.3 Å². The molecule has 2 aliphatic heterocycles. The highest BCUT2D eigenvalue weighted by atomic mass is 127. The number of hydrogen-bond acceptors (Lipinski definition) is 3. The highest BCUT2D eigenvalue weighted by molar-refractivity contribution is 14.0. The zero-order valence-electron chi connectivity index (χ0n) is 19.0. The topological polar surface area (TPSA) is 42.9 Å². The lowest BCUT2D eigenvalue weighted by molar-refractivity contribution is 0.224. The van der Waals surface area contributed by atoms with Crippen molar-refractivity contribution in [1.29, 1.82) is 0 Å². The van der Waals surface area contributed by atoms with Crippen molar-refractivity contribution in [1.82, 2.24) is 15.5 Å². The molecule has 30 heavy (non-hydrogen) atoms. The predicted molar refractivity (Wildman–Crippen MR) is 140 cm³/mol. The number of anilines is 1. The van der Waals surface area contributed by atoms with Crippen molar-refractivity contribution in [3.8, 4) is 0 Å². The maximum atomic E-state index is 4.42. The van der Waals surface area contributed by atoms with E-state index in [1.165, 1.54) is 95.3 Å². The zero-order chi connectivity index (χ0) is 20.3. The Labute approximate surface area is 201 Å². The van der Waals surface area contributed by atoms with Gasteiger partial charge in [0.2, 0.25) is 0 Å². The summed E-state index contributed by atoms with van der Waals surface area (Å²) in [4.78, 5) is 9.55. The van der Waals surface area contributed by atoms with Gasteiger partial charge in [-0.1, -0.05) is 25.0 Å². The molecular formula is C24H42IN5. The quantitative estimate of drug-likeness (QED) is 0.210. The van der Waals surface area contributed by atoms with Crippen LogP contribution in [0.15, 0.2) is 29.3 Å². The van der Waals surface area contributed by atoms with Gasteiger partial charge in [-0.2, -0.15) is 0 Å². The van der Waals surface area contributed by atoms with E-state index in [1.807, 2.05) is 7.05 Å². The molecular weight excluding hydrogens is 485 g/mol. The van der Waals surface area contributed by atoms with E-state index in [0.717, 1.165) is 12.5 Å². The first-order valence-corrected chi connectivity index (χ1v) is 11.8. The Morgan fingerprint density at radius 1 is 1.00 bits per heavy atom. The molecule has 0 aromatic heterocycles. The van der Waals surface area contributed by atoms with Crippen LogP contribution in [0.5, 0.6) is 0 Å². The Balaban J connectivity index is 0.00000320. The molecule has 2 N–H and O–H groups in total. The third kappa shape index (κ3) is 8.25. The largest absolute Gasteiger partial charge is 0.372 e. The predicted octanol–water partition coefficient (Wildman–Crippen LogP) is 4.79. The highest BCUT2D eigenvalue weighted by Gasteiger charge is 2.14. The van der Waals surface area contributed by atoms with Crippen molar-refractivity contribution >= 4 is 35.6 Å². The molecule has 2 fully saturated rings. The maximum absolute atomic E-state index is 4.42. The van der Waals surface area contributed by atoms with Crippen LogP contribution in [0.2, 0.25) is 0 Å². The van der Waals surface area contributed by atoms with Gasteiger partial charge in [0.15, 0.2) is 5.96 Å². The molecule has 2 saturated heterocycles. The average Bonchev–Trinajstić information content (AvgIpc) is 3.31. The van der Waals surface area contributed by atoms with E-state index in [4.69, 9.17) is 0 Å². The van der Waals surface area contributed by atoms with E-state index >= 15 is 0 Å². The number of piperidine rings is 1. The first kappa shape index (κ1) is 25.2. The Kier molecular flexibility index (Phi) is 11.9. The number of likely N-dealkylation sites (tertiary alicyclic amines) is 1. The van der Waals surface area contributed by atoms with Gasteiger partial charge in [-0.3, -0.25) is 4.99 Å². The van der Waals surface area contributed by atoms with Crippen molar-refractivity contribution in [2.75, 3.05) is 51.2 Å². The summed E-state index contributed by atoms with van der Waals surface area (Å²) in [5.74, 6) is 0.903. The summed E-state index contributed by atoms with van der Waals surface area (Å²) in [5, 5.41) is 7.05. The van der Waals surface area contributed by atoms with Gasteiger partial charge in [0.05, 0.1) is 6.04 Å². The van der Waals surface area contributed by atoms with Gasteiger partial charge >= 0.3 is 0 Å². The van der Waals surface area contributed by atoms with E-state index in [1.54, 1.807) is 0 Å². The lowest BCUT2D eigenvalue weighted by Gasteiger charge is -2.26. The van der Waals surface area contributed by atoms with Crippen LogP contribution in [0.4, 0.5) is 5.69 Å². The number of halogens is 1. The van der Waals surface area contributed by atoms with E-state index in [0.29, 0.717) is 0 Å². The van der Waals surface area contributed by atoms with Gasteiger partial charge in [0, 0.05) is 32.4 Å². The second-order valence-corrected chi connectivity index (χ2v) is 8.62. The number of benzene rings is 1. The van der Waals surface area contributed by atoms with E-state index < -0.39 is 0 Å². The van der Waals surface area contributed by atoms with Crippen LogP contribution >= 0.6 is 24.0 Å². The summed E-state index contributed by atoms with van der Waals surface area (Å²) in [7, 11) is 1.86. The highest BCUT2D eigenvalue weighted by Crippen LogP contribution is 2.23. The number of rotatable bonds is 9. The summed E-state index contributed by atoms with van der Waals surface area (Å²) in [6.07, 6.45) is 10.6. The number of hydrogen-bond donors (Lipinski definition) is 2. The Morgan fingerprint density at radius 3 is 2.47 bits per heavy atom. The van der Waals surface area contributed by atoms with Crippen molar-refractivity contribution < 1.29 is 0 Å². The first-order chi connectivity index (χ1) is 14.3. The molecule has 5 nitrogen and oxygen atoms in total. The molecule has 170 valence electrons. The average molecular weight is 528 g/mol. The van der Waals surface area contributed by atoms with Gasteiger partial charge in [-0.25, -0.2) is 0 Å². The molecule has 1 atom stereocenters. The minimum Gasteiger partial charge on any atom is -0.372 e. The molecule has 0 aliphatic carbocycles. The van der Waals surface area contributed by atoms with E-state index in [9.17, 15) is 0 Å². The fourth-order valence-electron chi connectivity index (χ4n) is 4.48.